The molecule has 0 bridgehead atoms. The van der Waals surface area contributed by atoms with E-state index >= 15 is 0 Å². The first-order valence-corrected chi connectivity index (χ1v) is 10.6. The van der Waals surface area contributed by atoms with E-state index in [1.807, 2.05) is 7.05 Å². The van der Waals surface area contributed by atoms with Gasteiger partial charge in [0.2, 0.25) is 0 Å². The lowest BCUT2D eigenvalue weighted by Gasteiger charge is -2.40. The number of nitrogens with one attached hydrogen (secondary N) is 2. The fraction of sp³-hybridized carbons (Fsp3) is 0.476. The third kappa shape index (κ3) is 7.02. The molecule has 1 atom stereocenters. The minimum Gasteiger partial charge on any atom is -0.356 e. The van der Waals surface area contributed by atoms with Crippen LogP contribution < -0.4 is 10.6 Å². The van der Waals surface area contributed by atoms with Gasteiger partial charge in [-0.05, 0) is 41.4 Å². The molecular weight excluding hydrogens is 481 g/mol. The summed E-state index contributed by atoms with van der Waals surface area (Å²) in [5, 5.41) is 11.1. The van der Waals surface area contributed by atoms with E-state index in [2.05, 4.69) is 79.6 Å². The maximum atomic E-state index is 4.32. The Bertz CT molecular complexity index is 692. The van der Waals surface area contributed by atoms with Gasteiger partial charge in [-0.2, -0.15) is 11.3 Å². The molecule has 1 aliphatic heterocycles. The zero-order valence-corrected chi connectivity index (χ0v) is 20.0. The summed E-state index contributed by atoms with van der Waals surface area (Å²) in [6, 6.07) is 13.5. The van der Waals surface area contributed by atoms with Crippen LogP contribution in [0.25, 0.3) is 0 Å². The van der Waals surface area contributed by atoms with E-state index < -0.39 is 0 Å². The lowest BCUT2D eigenvalue weighted by Crippen LogP contribution is -2.47. The molecule has 1 aliphatic rings. The lowest BCUT2D eigenvalue weighted by atomic mass is 10.0. The molecule has 7 heteroatoms. The number of hydrogen-bond donors (Lipinski definition) is 2. The van der Waals surface area contributed by atoms with Crippen LogP contribution in [-0.2, 0) is 6.54 Å². The molecule has 1 unspecified atom stereocenters. The molecule has 2 N–H and O–H groups in total. The Morgan fingerprint density at radius 1 is 1.18 bits per heavy atom. The summed E-state index contributed by atoms with van der Waals surface area (Å²) in [6.45, 7) is 6.21. The van der Waals surface area contributed by atoms with E-state index in [1.165, 1.54) is 11.1 Å². The summed E-state index contributed by atoms with van der Waals surface area (Å²) >= 11 is 1.73. The highest BCUT2D eigenvalue weighted by Crippen LogP contribution is 2.24. The fourth-order valence-corrected chi connectivity index (χ4v) is 4.17. The highest BCUT2D eigenvalue weighted by Gasteiger charge is 2.25. The molecule has 0 spiro atoms. The summed E-state index contributed by atoms with van der Waals surface area (Å²) in [5.41, 5.74) is 2.72. The molecule has 0 aliphatic carbocycles. The number of aliphatic imine (C=N–C) groups is 1. The minimum atomic E-state index is 0. The predicted molar refractivity (Wildman–Crippen MR) is 131 cm³/mol. The smallest absolute Gasteiger partial charge is 0.191 e. The number of nitrogens with zero attached hydrogens (tertiary/aromatic N) is 3. The monoisotopic (exact) mass is 513 g/mol. The molecule has 1 aromatic heterocycles. The van der Waals surface area contributed by atoms with Crippen LogP contribution in [0, 0.1) is 0 Å². The average Bonchev–Trinajstić information content (AvgIpc) is 3.22. The fourth-order valence-electron chi connectivity index (χ4n) is 3.50. The Kier molecular flexibility index (Phi) is 10.3. The second kappa shape index (κ2) is 12.4. The first kappa shape index (κ1) is 23.1. The third-order valence-corrected chi connectivity index (χ3v) is 5.79. The van der Waals surface area contributed by atoms with Gasteiger partial charge in [0, 0.05) is 52.4 Å². The molecule has 0 radical (unpaired) electrons. The Hall–Kier alpha value is -1.16. The van der Waals surface area contributed by atoms with Crippen molar-refractivity contribution < 1.29 is 0 Å². The Morgan fingerprint density at radius 2 is 2.00 bits per heavy atom. The van der Waals surface area contributed by atoms with Crippen LogP contribution >= 0.6 is 35.3 Å². The first-order valence-electron chi connectivity index (χ1n) is 9.69. The SMILES string of the molecule is CN=C(NCCCN1CCN(C)CC1c1ccccc1)NCc1ccsc1.I. The second-order valence-electron chi connectivity index (χ2n) is 7.06. The number of thiophene rings is 1. The molecule has 154 valence electrons. The summed E-state index contributed by atoms with van der Waals surface area (Å²) in [6.07, 6.45) is 1.10. The largest absolute Gasteiger partial charge is 0.356 e. The molecule has 28 heavy (non-hydrogen) atoms. The van der Waals surface area contributed by atoms with Gasteiger partial charge in [0.15, 0.2) is 5.96 Å². The summed E-state index contributed by atoms with van der Waals surface area (Å²) in [4.78, 5) is 9.38. The van der Waals surface area contributed by atoms with Crippen LogP contribution in [0.2, 0.25) is 0 Å². The molecule has 1 aromatic carbocycles. The summed E-state index contributed by atoms with van der Waals surface area (Å²) < 4.78 is 0. The highest BCUT2D eigenvalue weighted by molar-refractivity contribution is 14.0. The van der Waals surface area contributed by atoms with Gasteiger partial charge in [-0.1, -0.05) is 30.3 Å². The number of likely N-dealkylation sites (N-methyl/N-ethyl adjacent to an activating group) is 1. The number of benzene rings is 1. The number of hydrogen-bond acceptors (Lipinski definition) is 4. The highest BCUT2D eigenvalue weighted by atomic mass is 127. The zero-order chi connectivity index (χ0) is 18.9. The number of piperazine rings is 1. The topological polar surface area (TPSA) is 42.9 Å². The van der Waals surface area contributed by atoms with Gasteiger partial charge < -0.3 is 15.5 Å². The summed E-state index contributed by atoms with van der Waals surface area (Å²) in [7, 11) is 4.05. The van der Waals surface area contributed by atoms with Crippen LogP contribution in [0.4, 0.5) is 0 Å². The van der Waals surface area contributed by atoms with E-state index in [0.29, 0.717) is 6.04 Å². The van der Waals surface area contributed by atoms with E-state index in [-0.39, 0.29) is 24.0 Å². The van der Waals surface area contributed by atoms with Crippen LogP contribution in [0.3, 0.4) is 0 Å². The van der Waals surface area contributed by atoms with Crippen LogP contribution in [0.5, 0.6) is 0 Å². The molecule has 1 fully saturated rings. The second-order valence-corrected chi connectivity index (χ2v) is 7.84. The van der Waals surface area contributed by atoms with Crippen LogP contribution in [0.1, 0.15) is 23.6 Å². The molecule has 1 saturated heterocycles. The van der Waals surface area contributed by atoms with Crippen molar-refractivity contribution in [2.24, 2.45) is 4.99 Å². The Morgan fingerprint density at radius 3 is 2.71 bits per heavy atom. The van der Waals surface area contributed by atoms with Gasteiger partial charge in [-0.25, -0.2) is 0 Å². The normalized spacial score (nSPS) is 18.5. The zero-order valence-electron chi connectivity index (χ0n) is 16.8. The van der Waals surface area contributed by atoms with Crippen molar-refractivity contribution in [3.8, 4) is 0 Å². The molecular formula is C21H32IN5S. The Labute approximate surface area is 190 Å². The maximum Gasteiger partial charge on any atom is 0.191 e. The number of halogens is 1. The van der Waals surface area contributed by atoms with E-state index in [9.17, 15) is 0 Å². The quantitative estimate of drug-likeness (QED) is 0.258. The van der Waals surface area contributed by atoms with Gasteiger partial charge in [0.05, 0.1) is 0 Å². The van der Waals surface area contributed by atoms with Crippen molar-refractivity contribution in [3.63, 3.8) is 0 Å². The minimum absolute atomic E-state index is 0. The van der Waals surface area contributed by atoms with Crippen molar-refractivity contribution in [3.05, 3.63) is 58.3 Å². The van der Waals surface area contributed by atoms with E-state index in [0.717, 1.165) is 51.6 Å². The van der Waals surface area contributed by atoms with Gasteiger partial charge in [0.1, 0.15) is 0 Å². The van der Waals surface area contributed by atoms with Gasteiger partial charge >= 0.3 is 0 Å². The molecule has 5 nitrogen and oxygen atoms in total. The van der Waals surface area contributed by atoms with Crippen molar-refractivity contribution in [2.75, 3.05) is 46.8 Å². The van der Waals surface area contributed by atoms with E-state index in [1.54, 1.807) is 11.3 Å². The number of guanidine groups is 1. The molecule has 2 aromatic rings. The third-order valence-electron chi connectivity index (χ3n) is 5.06. The van der Waals surface area contributed by atoms with Gasteiger partial charge in [0.25, 0.3) is 0 Å². The molecule has 0 amide bonds. The summed E-state index contributed by atoms with van der Waals surface area (Å²) in [5.74, 6) is 0.874. The van der Waals surface area contributed by atoms with E-state index in [4.69, 9.17) is 0 Å². The predicted octanol–water partition coefficient (Wildman–Crippen LogP) is 3.41. The average molecular weight is 513 g/mol. The van der Waals surface area contributed by atoms with Crippen molar-refractivity contribution >= 4 is 41.3 Å². The lowest BCUT2D eigenvalue weighted by molar-refractivity contribution is 0.0891. The standard InChI is InChI=1S/C21H31N5S.HI/c1-22-21(24-15-18-9-14-27-17-18)23-10-6-11-26-13-12-25(2)16-20(26)19-7-4-3-5-8-19;/h3-5,7-9,14,17,20H,6,10-13,15-16H2,1-2H3,(H2,22,23,24);1H. The van der Waals surface area contributed by atoms with Crippen molar-refractivity contribution in [1.82, 2.24) is 20.4 Å². The van der Waals surface area contributed by atoms with Crippen molar-refractivity contribution in [1.29, 1.82) is 0 Å². The first-order chi connectivity index (χ1) is 13.3. The van der Waals surface area contributed by atoms with Crippen LogP contribution in [0.15, 0.2) is 52.2 Å². The number of rotatable bonds is 7. The van der Waals surface area contributed by atoms with Crippen LogP contribution in [-0.4, -0.2) is 62.6 Å². The molecule has 3 rings (SSSR count). The van der Waals surface area contributed by atoms with Crippen molar-refractivity contribution in [2.45, 2.75) is 19.0 Å². The van der Waals surface area contributed by atoms with Gasteiger partial charge in [-0.3, -0.25) is 9.89 Å². The Balaban J connectivity index is 0.00000280. The van der Waals surface area contributed by atoms with Gasteiger partial charge in [-0.15, -0.1) is 24.0 Å². The maximum absolute atomic E-state index is 4.32. The molecule has 2 heterocycles. The molecule has 0 saturated carbocycles.